The fraction of sp³-hybridized carbons (Fsp3) is 0.556. The van der Waals surface area contributed by atoms with Gasteiger partial charge in [0.15, 0.2) is 0 Å². The largest absolute Gasteiger partial charge is 0.351 e. The lowest BCUT2D eigenvalue weighted by atomic mass is 9.75. The summed E-state index contributed by atoms with van der Waals surface area (Å²) in [4.78, 5) is 32.8. The third-order valence-corrected chi connectivity index (χ3v) is 6.16. The smallest absolute Gasteiger partial charge is 0.227 e. The van der Waals surface area contributed by atoms with Gasteiger partial charge in [-0.25, -0.2) is 9.67 Å². The molecular weight excluding hydrogens is 350 g/mol. The second kappa shape index (κ2) is 7.19. The second-order valence-electron chi connectivity index (χ2n) is 7.34. The number of aromatic nitrogens is 3. The molecule has 1 atom stereocenters. The Morgan fingerprint density at radius 1 is 1.31 bits per heavy atom. The monoisotopic (exact) mass is 373 g/mol. The van der Waals surface area contributed by atoms with E-state index in [9.17, 15) is 9.59 Å². The zero-order valence-corrected chi connectivity index (χ0v) is 15.6. The van der Waals surface area contributed by atoms with E-state index in [0.717, 1.165) is 23.5 Å². The summed E-state index contributed by atoms with van der Waals surface area (Å²) in [5.74, 6) is 1.24. The summed E-state index contributed by atoms with van der Waals surface area (Å²) in [6.07, 6.45) is 3.38. The predicted molar refractivity (Wildman–Crippen MR) is 97.0 cm³/mol. The van der Waals surface area contributed by atoms with Crippen LogP contribution in [0.15, 0.2) is 23.8 Å². The third-order valence-electron chi connectivity index (χ3n) is 5.28. The van der Waals surface area contributed by atoms with Gasteiger partial charge in [0, 0.05) is 17.3 Å². The lowest BCUT2D eigenvalue weighted by Crippen LogP contribution is -2.45. The summed E-state index contributed by atoms with van der Waals surface area (Å²) in [7, 11) is 0. The van der Waals surface area contributed by atoms with E-state index in [1.807, 2.05) is 17.5 Å². The maximum Gasteiger partial charge on any atom is 0.227 e. The van der Waals surface area contributed by atoms with Crippen LogP contribution in [0.3, 0.4) is 0 Å². The van der Waals surface area contributed by atoms with Crippen LogP contribution in [-0.4, -0.2) is 38.0 Å². The zero-order chi connectivity index (χ0) is 18.1. The van der Waals surface area contributed by atoms with E-state index in [1.165, 1.54) is 6.33 Å². The Hall–Kier alpha value is -2.22. The van der Waals surface area contributed by atoms with Crippen molar-refractivity contribution in [1.29, 1.82) is 0 Å². The molecule has 0 radical (unpaired) electrons. The number of nitrogens with zero attached hydrogens (tertiary/aromatic N) is 4. The standard InChI is InChI=1S/C18H23N5O2S/c1-12-5-13(6-12)18(25)22-8-14(9-23-16(10-22)20-11-21-23)17(24)19-7-15-3-2-4-26-15/h2-4,11-14H,5-10H2,1H3,(H,19,24). The molecular formula is C18H23N5O2S. The lowest BCUT2D eigenvalue weighted by Gasteiger charge is -2.35. The molecule has 4 rings (SSSR count). The highest BCUT2D eigenvalue weighted by atomic mass is 32.1. The fourth-order valence-electron chi connectivity index (χ4n) is 3.76. The predicted octanol–water partition coefficient (Wildman–Crippen LogP) is 1.66. The van der Waals surface area contributed by atoms with Crippen molar-refractivity contribution >= 4 is 23.2 Å². The molecule has 2 aliphatic rings. The van der Waals surface area contributed by atoms with Gasteiger partial charge >= 0.3 is 0 Å². The maximum atomic E-state index is 12.9. The van der Waals surface area contributed by atoms with Crippen LogP contribution in [0.4, 0.5) is 0 Å². The minimum absolute atomic E-state index is 0.0403. The lowest BCUT2D eigenvalue weighted by molar-refractivity contribution is -0.141. The maximum absolute atomic E-state index is 12.9. The van der Waals surface area contributed by atoms with Crippen molar-refractivity contribution in [3.8, 4) is 0 Å². The molecule has 2 amide bonds. The molecule has 2 aromatic rings. The Morgan fingerprint density at radius 2 is 2.15 bits per heavy atom. The van der Waals surface area contributed by atoms with E-state index in [0.29, 0.717) is 32.1 Å². The van der Waals surface area contributed by atoms with Crippen molar-refractivity contribution in [2.24, 2.45) is 17.8 Å². The van der Waals surface area contributed by atoms with Crippen molar-refractivity contribution in [2.45, 2.75) is 39.4 Å². The number of amides is 2. The van der Waals surface area contributed by atoms with E-state index in [1.54, 1.807) is 20.9 Å². The molecule has 0 aromatic carbocycles. The molecule has 3 heterocycles. The van der Waals surface area contributed by atoms with E-state index in [-0.39, 0.29) is 23.7 Å². The Balaban J connectivity index is 1.47. The highest BCUT2D eigenvalue weighted by Crippen LogP contribution is 2.35. The number of hydrogen-bond acceptors (Lipinski definition) is 5. The van der Waals surface area contributed by atoms with E-state index >= 15 is 0 Å². The summed E-state index contributed by atoms with van der Waals surface area (Å²) in [5.41, 5.74) is 0. The first kappa shape index (κ1) is 17.2. The molecule has 26 heavy (non-hydrogen) atoms. The van der Waals surface area contributed by atoms with Crippen molar-refractivity contribution in [3.05, 3.63) is 34.5 Å². The Kier molecular flexibility index (Phi) is 4.76. The van der Waals surface area contributed by atoms with Crippen LogP contribution in [0.1, 0.15) is 30.5 Å². The van der Waals surface area contributed by atoms with Gasteiger partial charge in [-0.3, -0.25) is 9.59 Å². The first-order valence-electron chi connectivity index (χ1n) is 9.05. The normalized spacial score (nSPS) is 25.1. The van der Waals surface area contributed by atoms with Crippen molar-refractivity contribution in [2.75, 3.05) is 6.54 Å². The minimum Gasteiger partial charge on any atom is -0.351 e. The minimum atomic E-state index is -0.320. The number of fused-ring (bicyclic) bond motifs is 1. The number of thiophene rings is 1. The first-order chi connectivity index (χ1) is 12.6. The summed E-state index contributed by atoms with van der Waals surface area (Å²) in [5, 5.41) is 9.23. The Labute approximate surface area is 156 Å². The van der Waals surface area contributed by atoms with E-state index in [4.69, 9.17) is 0 Å². The van der Waals surface area contributed by atoms with Crippen LogP contribution in [0, 0.1) is 17.8 Å². The summed E-state index contributed by atoms with van der Waals surface area (Å²) in [6, 6.07) is 3.97. The van der Waals surface area contributed by atoms with E-state index in [2.05, 4.69) is 22.3 Å². The molecule has 1 N–H and O–H groups in total. The van der Waals surface area contributed by atoms with Crippen LogP contribution in [0.25, 0.3) is 0 Å². The third kappa shape index (κ3) is 3.51. The van der Waals surface area contributed by atoms with Gasteiger partial charge in [0.25, 0.3) is 0 Å². The molecule has 0 bridgehead atoms. The average molecular weight is 373 g/mol. The van der Waals surface area contributed by atoms with E-state index < -0.39 is 0 Å². The quantitative estimate of drug-likeness (QED) is 0.884. The molecule has 7 nitrogen and oxygen atoms in total. The van der Waals surface area contributed by atoms with Gasteiger partial charge in [-0.05, 0) is 30.2 Å². The number of carbonyl (C=O) groups is 2. The molecule has 1 fully saturated rings. The van der Waals surface area contributed by atoms with Gasteiger partial charge in [0.05, 0.1) is 25.6 Å². The zero-order valence-electron chi connectivity index (χ0n) is 14.8. The van der Waals surface area contributed by atoms with Gasteiger partial charge in [0.2, 0.25) is 11.8 Å². The molecule has 1 unspecified atom stereocenters. The average Bonchev–Trinajstić information content (AvgIpc) is 3.24. The van der Waals surface area contributed by atoms with Crippen LogP contribution in [-0.2, 0) is 29.2 Å². The van der Waals surface area contributed by atoms with Crippen molar-refractivity contribution in [1.82, 2.24) is 25.0 Å². The number of rotatable bonds is 4. The van der Waals surface area contributed by atoms with Crippen LogP contribution in [0.5, 0.6) is 0 Å². The summed E-state index contributed by atoms with van der Waals surface area (Å²) in [6.45, 7) is 3.99. The van der Waals surface area contributed by atoms with Gasteiger partial charge in [-0.2, -0.15) is 5.10 Å². The highest BCUT2D eigenvalue weighted by molar-refractivity contribution is 7.09. The molecule has 2 aromatic heterocycles. The van der Waals surface area contributed by atoms with Crippen LogP contribution < -0.4 is 5.32 Å². The van der Waals surface area contributed by atoms with Crippen LogP contribution in [0.2, 0.25) is 0 Å². The number of carbonyl (C=O) groups excluding carboxylic acids is 2. The molecule has 138 valence electrons. The SMILES string of the molecule is CC1CC(C(=O)N2Cc3ncnn3CC(C(=O)NCc3cccs3)C2)C1. The molecule has 1 aliphatic carbocycles. The molecule has 1 saturated carbocycles. The number of hydrogen-bond donors (Lipinski definition) is 1. The topological polar surface area (TPSA) is 80.1 Å². The Bertz CT molecular complexity index is 781. The molecule has 1 aliphatic heterocycles. The second-order valence-corrected chi connectivity index (χ2v) is 8.38. The number of nitrogens with one attached hydrogen (secondary N) is 1. The van der Waals surface area contributed by atoms with Gasteiger partial charge in [-0.1, -0.05) is 13.0 Å². The molecule has 0 saturated heterocycles. The van der Waals surface area contributed by atoms with Crippen molar-refractivity contribution in [3.63, 3.8) is 0 Å². The molecule has 8 heteroatoms. The first-order valence-corrected chi connectivity index (χ1v) is 9.93. The van der Waals surface area contributed by atoms with Gasteiger partial charge in [-0.15, -0.1) is 11.3 Å². The van der Waals surface area contributed by atoms with Gasteiger partial charge in [0.1, 0.15) is 12.2 Å². The Morgan fingerprint density at radius 3 is 2.88 bits per heavy atom. The molecule has 0 spiro atoms. The van der Waals surface area contributed by atoms with Crippen molar-refractivity contribution < 1.29 is 9.59 Å². The summed E-state index contributed by atoms with van der Waals surface area (Å²) < 4.78 is 1.76. The summed E-state index contributed by atoms with van der Waals surface area (Å²) >= 11 is 1.62. The fourth-order valence-corrected chi connectivity index (χ4v) is 4.40. The van der Waals surface area contributed by atoms with Gasteiger partial charge < -0.3 is 10.2 Å². The van der Waals surface area contributed by atoms with Crippen LogP contribution >= 0.6 is 11.3 Å². The highest BCUT2D eigenvalue weighted by Gasteiger charge is 2.37.